The van der Waals surface area contributed by atoms with Crippen LogP contribution in [0.5, 0.6) is 0 Å². The first-order valence-electron chi connectivity index (χ1n) is 4.41. The quantitative estimate of drug-likeness (QED) is 0.462. The minimum atomic E-state index is 0.714. The van der Waals surface area contributed by atoms with E-state index in [4.69, 9.17) is 0 Å². The Balaban J connectivity index is 2.29. The van der Waals surface area contributed by atoms with Gasteiger partial charge in [0.1, 0.15) is 0 Å². The topological polar surface area (TPSA) is 24.7 Å². The van der Waals surface area contributed by atoms with E-state index in [1.54, 1.807) is 12.3 Å². The molecule has 1 aliphatic rings. The van der Waals surface area contributed by atoms with Crippen molar-refractivity contribution in [2.24, 2.45) is 9.98 Å². The molecule has 0 unspecified atom stereocenters. The van der Waals surface area contributed by atoms with Crippen LogP contribution >= 0.6 is 0 Å². The van der Waals surface area contributed by atoms with Gasteiger partial charge in [0.15, 0.2) is 0 Å². The van der Waals surface area contributed by atoms with Crippen LogP contribution in [0.2, 0.25) is 0 Å². The second kappa shape index (κ2) is 6.12. The van der Waals surface area contributed by atoms with Crippen LogP contribution < -0.4 is 0 Å². The Morgan fingerprint density at radius 1 is 1.54 bits per heavy atom. The molecule has 0 N–H and O–H groups in total. The summed E-state index contributed by atoms with van der Waals surface area (Å²) in [5.74, 6) is 0. The highest BCUT2D eigenvalue weighted by Gasteiger charge is 1.98. The molecule has 0 amide bonds. The molecule has 0 spiro atoms. The second-order valence-corrected chi connectivity index (χ2v) is 2.73. The first kappa shape index (κ1) is 9.65. The molecule has 2 heteroatoms. The molecule has 0 aromatic heterocycles. The molecule has 0 aromatic rings. The molecule has 0 bridgehead atoms. The summed E-state index contributed by atoms with van der Waals surface area (Å²) < 4.78 is 0. The van der Waals surface area contributed by atoms with E-state index in [1.807, 2.05) is 18.4 Å². The van der Waals surface area contributed by atoms with Crippen LogP contribution in [0.25, 0.3) is 0 Å². The van der Waals surface area contributed by atoms with Gasteiger partial charge in [-0.2, -0.15) is 0 Å². The summed E-state index contributed by atoms with van der Waals surface area (Å²) >= 11 is 0. The van der Waals surface area contributed by atoms with Crippen LogP contribution in [0.1, 0.15) is 12.8 Å². The molecule has 1 aliphatic heterocycles. The summed E-state index contributed by atoms with van der Waals surface area (Å²) in [6.07, 6.45) is 13.3. The van der Waals surface area contributed by atoms with Gasteiger partial charge < -0.3 is 0 Å². The predicted molar refractivity (Wildman–Crippen MR) is 58.5 cm³/mol. The lowest BCUT2D eigenvalue weighted by Crippen LogP contribution is -2.04. The third kappa shape index (κ3) is 4.21. The summed E-state index contributed by atoms with van der Waals surface area (Å²) in [5.41, 5.74) is 1.16. The standard InChI is InChI=1S/C11H14N2/c1-2-3-5-8-12-10-11-7-4-6-9-13-11/h2-3,5-6,8-9H,1,4,7,10H2/b5-3-,12-8?. The molecule has 0 aromatic carbocycles. The Kier molecular flexibility index (Phi) is 4.54. The van der Waals surface area contributed by atoms with Gasteiger partial charge in [-0.15, -0.1) is 0 Å². The van der Waals surface area contributed by atoms with Crippen molar-refractivity contribution in [3.63, 3.8) is 0 Å². The average Bonchev–Trinajstić information content (AvgIpc) is 2.19. The highest BCUT2D eigenvalue weighted by molar-refractivity contribution is 5.89. The van der Waals surface area contributed by atoms with Crippen molar-refractivity contribution in [3.05, 3.63) is 37.1 Å². The molecule has 13 heavy (non-hydrogen) atoms. The molecule has 0 fully saturated rings. The molecule has 2 nitrogen and oxygen atoms in total. The van der Waals surface area contributed by atoms with Crippen LogP contribution in [0.15, 0.2) is 47.1 Å². The van der Waals surface area contributed by atoms with E-state index < -0.39 is 0 Å². The Morgan fingerprint density at radius 3 is 3.15 bits per heavy atom. The number of rotatable bonds is 4. The van der Waals surface area contributed by atoms with Crippen molar-refractivity contribution >= 4 is 11.9 Å². The fraction of sp³-hybridized carbons (Fsp3) is 0.273. The summed E-state index contributed by atoms with van der Waals surface area (Å²) in [6, 6.07) is 0. The number of allylic oxidation sites excluding steroid dienone is 4. The smallest absolute Gasteiger partial charge is 0.0772 e. The van der Waals surface area contributed by atoms with Gasteiger partial charge in [0, 0.05) is 18.1 Å². The highest BCUT2D eigenvalue weighted by atomic mass is 14.8. The Bertz CT molecular complexity index is 270. The molecule has 0 aliphatic carbocycles. The summed E-state index contributed by atoms with van der Waals surface area (Å²) in [6.45, 7) is 4.28. The Morgan fingerprint density at radius 2 is 2.46 bits per heavy atom. The van der Waals surface area contributed by atoms with Crippen molar-refractivity contribution in [2.75, 3.05) is 6.54 Å². The van der Waals surface area contributed by atoms with Gasteiger partial charge in [-0.05, 0) is 18.9 Å². The lowest BCUT2D eigenvalue weighted by molar-refractivity contribution is 1.03. The predicted octanol–water partition coefficient (Wildman–Crippen LogP) is 2.55. The van der Waals surface area contributed by atoms with Crippen LogP contribution in [0, 0.1) is 0 Å². The third-order valence-corrected chi connectivity index (χ3v) is 1.67. The van der Waals surface area contributed by atoms with Crippen molar-refractivity contribution in [1.82, 2.24) is 0 Å². The van der Waals surface area contributed by atoms with Crippen molar-refractivity contribution in [3.8, 4) is 0 Å². The highest BCUT2D eigenvalue weighted by Crippen LogP contribution is 2.02. The van der Waals surface area contributed by atoms with E-state index in [1.165, 1.54) is 0 Å². The summed E-state index contributed by atoms with van der Waals surface area (Å²) in [5, 5.41) is 0. The minimum Gasteiger partial charge on any atom is -0.287 e. The average molecular weight is 174 g/mol. The van der Waals surface area contributed by atoms with Crippen molar-refractivity contribution in [1.29, 1.82) is 0 Å². The van der Waals surface area contributed by atoms with Crippen LogP contribution in [-0.2, 0) is 0 Å². The van der Waals surface area contributed by atoms with Gasteiger partial charge in [0.25, 0.3) is 0 Å². The van der Waals surface area contributed by atoms with Crippen molar-refractivity contribution in [2.45, 2.75) is 12.8 Å². The Labute approximate surface area is 79.1 Å². The molecular weight excluding hydrogens is 160 g/mol. The largest absolute Gasteiger partial charge is 0.287 e. The monoisotopic (exact) mass is 174 g/mol. The van der Waals surface area contributed by atoms with Gasteiger partial charge in [-0.25, -0.2) is 0 Å². The Hall–Kier alpha value is -1.44. The molecule has 68 valence electrons. The molecule has 0 saturated heterocycles. The van der Waals surface area contributed by atoms with Crippen LogP contribution in [0.4, 0.5) is 0 Å². The van der Waals surface area contributed by atoms with Crippen LogP contribution in [-0.4, -0.2) is 18.5 Å². The van der Waals surface area contributed by atoms with Gasteiger partial charge >= 0.3 is 0 Å². The van der Waals surface area contributed by atoms with E-state index in [0.29, 0.717) is 6.54 Å². The van der Waals surface area contributed by atoms with Crippen molar-refractivity contribution < 1.29 is 0 Å². The maximum atomic E-state index is 4.23. The summed E-state index contributed by atoms with van der Waals surface area (Å²) in [7, 11) is 0. The summed E-state index contributed by atoms with van der Waals surface area (Å²) in [4.78, 5) is 8.43. The van der Waals surface area contributed by atoms with Crippen LogP contribution in [0.3, 0.4) is 0 Å². The zero-order valence-corrected chi connectivity index (χ0v) is 7.69. The maximum Gasteiger partial charge on any atom is 0.0772 e. The molecule has 0 radical (unpaired) electrons. The first-order valence-corrected chi connectivity index (χ1v) is 4.41. The van der Waals surface area contributed by atoms with E-state index in [2.05, 4.69) is 22.6 Å². The number of nitrogens with zero attached hydrogens (tertiary/aromatic N) is 2. The van der Waals surface area contributed by atoms with E-state index in [0.717, 1.165) is 18.6 Å². The van der Waals surface area contributed by atoms with Gasteiger partial charge in [0.2, 0.25) is 0 Å². The third-order valence-electron chi connectivity index (χ3n) is 1.67. The van der Waals surface area contributed by atoms with Gasteiger partial charge in [-0.3, -0.25) is 9.98 Å². The SMILES string of the molecule is C=C/C=C\C=NCC1=NC=CCC1. The first-order chi connectivity index (χ1) is 6.43. The molecule has 1 rings (SSSR count). The van der Waals surface area contributed by atoms with Gasteiger partial charge in [0.05, 0.1) is 6.54 Å². The fourth-order valence-corrected chi connectivity index (χ4v) is 1.01. The minimum absolute atomic E-state index is 0.714. The lowest BCUT2D eigenvalue weighted by atomic mass is 10.2. The number of hydrogen-bond donors (Lipinski definition) is 0. The van der Waals surface area contributed by atoms with E-state index in [-0.39, 0.29) is 0 Å². The molecule has 0 saturated carbocycles. The number of hydrogen-bond acceptors (Lipinski definition) is 2. The zero-order chi connectivity index (χ0) is 9.36. The molecular formula is C11H14N2. The number of aliphatic imine (C=N–C) groups is 2. The van der Waals surface area contributed by atoms with Gasteiger partial charge in [-0.1, -0.05) is 24.8 Å². The maximum absolute atomic E-state index is 4.23. The molecule has 1 heterocycles. The van der Waals surface area contributed by atoms with E-state index in [9.17, 15) is 0 Å². The fourth-order valence-electron chi connectivity index (χ4n) is 1.01. The zero-order valence-electron chi connectivity index (χ0n) is 7.69. The lowest BCUT2D eigenvalue weighted by Gasteiger charge is -2.02. The molecule has 0 atom stereocenters. The second-order valence-electron chi connectivity index (χ2n) is 2.73. The van der Waals surface area contributed by atoms with E-state index >= 15 is 0 Å². The normalized spacial score (nSPS) is 16.8.